The van der Waals surface area contributed by atoms with E-state index in [4.69, 9.17) is 0 Å². The Balaban J connectivity index is 2.12. The highest BCUT2D eigenvalue weighted by Gasteiger charge is 2.60. The van der Waals surface area contributed by atoms with E-state index in [2.05, 4.69) is 0 Å². The van der Waals surface area contributed by atoms with Crippen LogP contribution in [0.3, 0.4) is 0 Å². The lowest BCUT2D eigenvalue weighted by Crippen LogP contribution is -2.35. The zero-order chi connectivity index (χ0) is 7.41. The summed E-state index contributed by atoms with van der Waals surface area (Å²) in [5.41, 5.74) is -2.27. The average Bonchev–Trinajstić information content (AvgIpc) is 2.73. The van der Waals surface area contributed by atoms with Crippen molar-refractivity contribution in [2.45, 2.75) is 36.9 Å². The van der Waals surface area contributed by atoms with Crippen molar-refractivity contribution in [1.82, 2.24) is 0 Å². The molecule has 3 nitrogen and oxygen atoms in total. The number of Topliss-reactive ketones (excluding diaryl/α,β-unsaturated/α-hetero) is 1. The van der Waals surface area contributed by atoms with E-state index in [1.807, 2.05) is 0 Å². The molecule has 0 aromatic heterocycles. The van der Waals surface area contributed by atoms with Crippen molar-refractivity contribution in [3.05, 3.63) is 0 Å². The Labute approximate surface area is 58.7 Å². The zero-order valence-electron chi connectivity index (χ0n) is 5.63. The van der Waals surface area contributed by atoms with E-state index < -0.39 is 11.2 Å². The number of ketones is 1. The number of hydrogen-bond acceptors (Lipinski definition) is 3. The van der Waals surface area contributed by atoms with Crippen molar-refractivity contribution >= 4 is 5.78 Å². The molecule has 0 radical (unpaired) electrons. The van der Waals surface area contributed by atoms with Crippen molar-refractivity contribution in [2.75, 3.05) is 0 Å². The second-order valence-corrected chi connectivity index (χ2v) is 3.39. The molecule has 0 amide bonds. The highest BCUT2D eigenvalue weighted by molar-refractivity contribution is 5.98. The standard InChI is InChI=1S/C7H10O3/c8-5(6(9)1-2-6)7(10)3-4-7/h9-10H,1-4H2. The highest BCUT2D eigenvalue weighted by atomic mass is 16.3. The van der Waals surface area contributed by atoms with Gasteiger partial charge in [0.1, 0.15) is 11.2 Å². The molecule has 0 aromatic rings. The molecule has 0 heterocycles. The van der Waals surface area contributed by atoms with Gasteiger partial charge in [-0.25, -0.2) is 0 Å². The molecule has 2 aliphatic carbocycles. The van der Waals surface area contributed by atoms with Crippen molar-refractivity contribution in [3.8, 4) is 0 Å². The van der Waals surface area contributed by atoms with Gasteiger partial charge in [-0.05, 0) is 25.7 Å². The van der Waals surface area contributed by atoms with Crippen LogP contribution >= 0.6 is 0 Å². The van der Waals surface area contributed by atoms with E-state index in [-0.39, 0.29) is 5.78 Å². The van der Waals surface area contributed by atoms with Crippen LogP contribution in [-0.2, 0) is 4.79 Å². The summed E-state index contributed by atoms with van der Waals surface area (Å²) in [7, 11) is 0. The molecule has 10 heavy (non-hydrogen) atoms. The summed E-state index contributed by atoms with van der Waals surface area (Å²) in [5.74, 6) is -0.347. The van der Waals surface area contributed by atoms with E-state index in [1.165, 1.54) is 0 Å². The molecular formula is C7H10O3. The number of hydrogen-bond donors (Lipinski definition) is 2. The quantitative estimate of drug-likeness (QED) is 0.551. The molecule has 3 heteroatoms. The Kier molecular flexibility index (Phi) is 0.904. The average molecular weight is 142 g/mol. The van der Waals surface area contributed by atoms with Crippen molar-refractivity contribution in [2.24, 2.45) is 0 Å². The monoisotopic (exact) mass is 142 g/mol. The summed E-state index contributed by atoms with van der Waals surface area (Å²) < 4.78 is 0. The van der Waals surface area contributed by atoms with E-state index in [0.29, 0.717) is 25.7 Å². The fourth-order valence-corrected chi connectivity index (χ4v) is 1.12. The molecule has 0 aliphatic heterocycles. The molecule has 2 fully saturated rings. The minimum Gasteiger partial charge on any atom is -0.382 e. The smallest absolute Gasteiger partial charge is 0.195 e. The molecule has 0 bridgehead atoms. The van der Waals surface area contributed by atoms with E-state index in [9.17, 15) is 15.0 Å². The Morgan fingerprint density at radius 1 is 1.00 bits per heavy atom. The zero-order valence-corrected chi connectivity index (χ0v) is 5.63. The maximum atomic E-state index is 11.1. The molecule has 2 saturated carbocycles. The van der Waals surface area contributed by atoms with Gasteiger partial charge in [-0.2, -0.15) is 0 Å². The molecule has 2 N–H and O–H groups in total. The number of carbonyl (C=O) groups excluding carboxylic acids is 1. The minimum absolute atomic E-state index is 0.347. The maximum Gasteiger partial charge on any atom is 0.195 e. The van der Waals surface area contributed by atoms with Crippen LogP contribution in [0, 0.1) is 0 Å². The molecule has 2 aliphatic rings. The van der Waals surface area contributed by atoms with Gasteiger partial charge in [-0.15, -0.1) is 0 Å². The van der Waals surface area contributed by atoms with Gasteiger partial charge in [0.2, 0.25) is 0 Å². The van der Waals surface area contributed by atoms with Gasteiger partial charge in [0.25, 0.3) is 0 Å². The molecule has 0 saturated heterocycles. The van der Waals surface area contributed by atoms with Crippen LogP contribution in [0.2, 0.25) is 0 Å². The first-order valence-corrected chi connectivity index (χ1v) is 3.57. The fraction of sp³-hybridized carbons (Fsp3) is 0.857. The summed E-state index contributed by atoms with van der Waals surface area (Å²) in [5, 5.41) is 18.5. The lowest BCUT2D eigenvalue weighted by atomic mass is 10.1. The first kappa shape index (κ1) is 6.31. The third-order valence-electron chi connectivity index (χ3n) is 2.29. The third kappa shape index (κ3) is 0.707. The van der Waals surface area contributed by atoms with Crippen LogP contribution in [0.25, 0.3) is 0 Å². The van der Waals surface area contributed by atoms with Crippen LogP contribution in [0.1, 0.15) is 25.7 Å². The number of carbonyl (C=O) groups is 1. The Morgan fingerprint density at radius 3 is 1.50 bits per heavy atom. The van der Waals surface area contributed by atoms with Gasteiger partial charge >= 0.3 is 0 Å². The summed E-state index contributed by atoms with van der Waals surface area (Å²) in [6.45, 7) is 0. The van der Waals surface area contributed by atoms with Crippen molar-refractivity contribution in [1.29, 1.82) is 0 Å². The maximum absolute atomic E-state index is 11.1. The Bertz CT molecular complexity index is 169. The van der Waals surface area contributed by atoms with Gasteiger partial charge in [0.05, 0.1) is 0 Å². The predicted molar refractivity (Wildman–Crippen MR) is 33.4 cm³/mol. The number of aliphatic hydroxyl groups is 2. The topological polar surface area (TPSA) is 57.5 Å². The van der Waals surface area contributed by atoms with Crippen molar-refractivity contribution in [3.63, 3.8) is 0 Å². The summed E-state index contributed by atoms with van der Waals surface area (Å²) in [6.07, 6.45) is 2.14. The number of rotatable bonds is 2. The molecule has 0 atom stereocenters. The fourth-order valence-electron chi connectivity index (χ4n) is 1.12. The van der Waals surface area contributed by atoms with Gasteiger partial charge in [-0.1, -0.05) is 0 Å². The first-order valence-electron chi connectivity index (χ1n) is 3.57. The van der Waals surface area contributed by atoms with Gasteiger partial charge in [0.15, 0.2) is 5.78 Å². The van der Waals surface area contributed by atoms with Crippen LogP contribution in [0.15, 0.2) is 0 Å². The normalized spacial score (nSPS) is 31.4. The van der Waals surface area contributed by atoms with E-state index in [0.717, 1.165) is 0 Å². The van der Waals surface area contributed by atoms with Crippen LogP contribution in [-0.4, -0.2) is 27.2 Å². The molecule has 0 unspecified atom stereocenters. The minimum atomic E-state index is -1.13. The molecule has 56 valence electrons. The Hall–Kier alpha value is -0.410. The predicted octanol–water partition coefficient (Wildman–Crippen LogP) is -0.395. The molecule has 2 rings (SSSR count). The largest absolute Gasteiger partial charge is 0.382 e. The molecule has 0 spiro atoms. The van der Waals surface area contributed by atoms with Gasteiger partial charge in [-0.3, -0.25) is 4.79 Å². The van der Waals surface area contributed by atoms with Crippen LogP contribution in [0.4, 0.5) is 0 Å². The molecule has 0 aromatic carbocycles. The summed E-state index contributed by atoms with van der Waals surface area (Å²) in [4.78, 5) is 11.1. The van der Waals surface area contributed by atoms with E-state index in [1.54, 1.807) is 0 Å². The second kappa shape index (κ2) is 1.43. The van der Waals surface area contributed by atoms with Crippen LogP contribution < -0.4 is 0 Å². The summed E-state index contributed by atoms with van der Waals surface area (Å²) >= 11 is 0. The lowest BCUT2D eigenvalue weighted by Gasteiger charge is -2.10. The van der Waals surface area contributed by atoms with Crippen molar-refractivity contribution < 1.29 is 15.0 Å². The third-order valence-corrected chi connectivity index (χ3v) is 2.29. The van der Waals surface area contributed by atoms with E-state index >= 15 is 0 Å². The lowest BCUT2D eigenvalue weighted by molar-refractivity contribution is -0.139. The Morgan fingerprint density at radius 2 is 1.30 bits per heavy atom. The SMILES string of the molecule is O=C(C1(O)CC1)C1(O)CC1. The van der Waals surface area contributed by atoms with Gasteiger partial charge < -0.3 is 10.2 Å². The van der Waals surface area contributed by atoms with Gasteiger partial charge in [0, 0.05) is 0 Å². The highest BCUT2D eigenvalue weighted by Crippen LogP contribution is 2.47. The second-order valence-electron chi connectivity index (χ2n) is 3.39. The molecular weight excluding hydrogens is 132 g/mol. The van der Waals surface area contributed by atoms with Crippen LogP contribution in [0.5, 0.6) is 0 Å². The first-order chi connectivity index (χ1) is 4.57. The summed E-state index contributed by atoms with van der Waals surface area (Å²) in [6, 6.07) is 0.